The van der Waals surface area contributed by atoms with Gasteiger partial charge in [0.1, 0.15) is 6.04 Å². The lowest BCUT2D eigenvalue weighted by Crippen LogP contribution is -2.32. The van der Waals surface area contributed by atoms with E-state index in [1.54, 1.807) is 0 Å². The highest BCUT2D eigenvalue weighted by atomic mass is 16.5. The van der Waals surface area contributed by atoms with Crippen LogP contribution in [0.5, 0.6) is 0 Å². The molecule has 0 aliphatic carbocycles. The van der Waals surface area contributed by atoms with Gasteiger partial charge in [-0.25, -0.2) is 0 Å². The van der Waals surface area contributed by atoms with E-state index in [1.807, 2.05) is 61.5 Å². The predicted molar refractivity (Wildman–Crippen MR) is 110 cm³/mol. The van der Waals surface area contributed by atoms with Crippen LogP contribution in [0, 0.1) is 12.8 Å². The van der Waals surface area contributed by atoms with Gasteiger partial charge in [-0.1, -0.05) is 85.6 Å². The highest BCUT2D eigenvalue weighted by molar-refractivity contribution is 5.76. The fourth-order valence-corrected chi connectivity index (χ4v) is 3.01. The van der Waals surface area contributed by atoms with Crippen LogP contribution in [0.15, 0.2) is 59.1 Å². The Kier molecular flexibility index (Phi) is 6.58. The Hall–Kier alpha value is -2.95. The average Bonchev–Trinajstić information content (AvgIpc) is 3.21. The Morgan fingerprint density at radius 2 is 1.82 bits per heavy atom. The second-order valence-electron chi connectivity index (χ2n) is 7.24. The van der Waals surface area contributed by atoms with E-state index >= 15 is 0 Å². The number of rotatable bonds is 8. The van der Waals surface area contributed by atoms with E-state index in [4.69, 9.17) is 4.52 Å². The lowest BCUT2D eigenvalue weighted by molar-refractivity contribution is -0.122. The van der Waals surface area contributed by atoms with Gasteiger partial charge in [0, 0.05) is 12.0 Å². The van der Waals surface area contributed by atoms with Crippen molar-refractivity contribution in [2.45, 2.75) is 46.1 Å². The molecule has 5 heteroatoms. The van der Waals surface area contributed by atoms with Crippen molar-refractivity contribution in [3.63, 3.8) is 0 Å². The van der Waals surface area contributed by atoms with Gasteiger partial charge in [0.25, 0.3) is 0 Å². The number of carbonyl (C=O) groups excluding carboxylic acids is 1. The zero-order valence-corrected chi connectivity index (χ0v) is 16.7. The van der Waals surface area contributed by atoms with Crippen molar-refractivity contribution in [2.75, 3.05) is 0 Å². The lowest BCUT2D eigenvalue weighted by atomic mass is 9.98. The fourth-order valence-electron chi connectivity index (χ4n) is 3.01. The molecule has 1 N–H and O–H groups in total. The van der Waals surface area contributed by atoms with Crippen LogP contribution in [0.4, 0.5) is 0 Å². The number of hydrogen-bond donors (Lipinski definition) is 1. The number of aryl methyl sites for hydroxylation is 2. The molecular weight excluding hydrogens is 350 g/mol. The third-order valence-corrected chi connectivity index (χ3v) is 5.03. The standard InChI is InChI=1S/C23H27N3O2/c1-4-17(3)21(24-20(27)15-12-18-8-6-5-7-9-18)23-25-22(26-28-23)19-13-10-16(2)11-14-19/h5-11,13-14,17,21H,4,12,15H2,1-3H3,(H,24,27)/t17-,21-/m1/s1. The number of nitrogens with zero attached hydrogens (tertiary/aromatic N) is 2. The molecule has 3 rings (SSSR count). The summed E-state index contributed by atoms with van der Waals surface area (Å²) in [6, 6.07) is 17.7. The number of carbonyl (C=O) groups is 1. The third kappa shape index (κ3) is 5.06. The minimum atomic E-state index is -0.292. The molecule has 1 amide bonds. The van der Waals surface area contributed by atoms with Crippen molar-refractivity contribution < 1.29 is 9.32 Å². The number of amides is 1. The van der Waals surface area contributed by atoms with E-state index in [-0.39, 0.29) is 17.9 Å². The summed E-state index contributed by atoms with van der Waals surface area (Å²) < 4.78 is 5.52. The second-order valence-corrected chi connectivity index (χ2v) is 7.24. The predicted octanol–water partition coefficient (Wildman–Crippen LogP) is 4.88. The van der Waals surface area contributed by atoms with Gasteiger partial charge in [0.2, 0.25) is 17.6 Å². The van der Waals surface area contributed by atoms with Crippen molar-refractivity contribution in [2.24, 2.45) is 5.92 Å². The van der Waals surface area contributed by atoms with Crippen LogP contribution >= 0.6 is 0 Å². The van der Waals surface area contributed by atoms with Gasteiger partial charge >= 0.3 is 0 Å². The van der Waals surface area contributed by atoms with E-state index in [0.29, 0.717) is 24.6 Å². The average molecular weight is 377 g/mol. The molecule has 0 unspecified atom stereocenters. The molecule has 28 heavy (non-hydrogen) atoms. The highest BCUT2D eigenvalue weighted by Gasteiger charge is 2.26. The van der Waals surface area contributed by atoms with Crippen LogP contribution in [0.2, 0.25) is 0 Å². The SMILES string of the molecule is CC[C@@H](C)[C@@H](NC(=O)CCc1ccccc1)c1nc(-c2ccc(C)cc2)no1. The molecule has 1 heterocycles. The first kappa shape index (κ1) is 19.8. The van der Waals surface area contributed by atoms with Crippen LogP contribution in [0.3, 0.4) is 0 Å². The van der Waals surface area contributed by atoms with Gasteiger partial charge < -0.3 is 9.84 Å². The number of hydrogen-bond acceptors (Lipinski definition) is 4. The molecule has 1 aromatic heterocycles. The van der Waals surface area contributed by atoms with E-state index in [2.05, 4.69) is 29.3 Å². The molecular formula is C23H27N3O2. The van der Waals surface area contributed by atoms with Gasteiger partial charge in [-0.3, -0.25) is 4.79 Å². The molecule has 0 bridgehead atoms. The molecule has 0 fully saturated rings. The van der Waals surface area contributed by atoms with Gasteiger partial charge in [0.15, 0.2) is 0 Å². The van der Waals surface area contributed by atoms with Crippen molar-refractivity contribution in [1.82, 2.24) is 15.5 Å². The van der Waals surface area contributed by atoms with Crippen molar-refractivity contribution >= 4 is 5.91 Å². The van der Waals surface area contributed by atoms with E-state index in [9.17, 15) is 4.79 Å². The molecule has 0 radical (unpaired) electrons. The minimum Gasteiger partial charge on any atom is -0.344 e. The van der Waals surface area contributed by atoms with Crippen molar-refractivity contribution in [1.29, 1.82) is 0 Å². The van der Waals surface area contributed by atoms with Crippen LogP contribution in [-0.2, 0) is 11.2 Å². The van der Waals surface area contributed by atoms with Crippen LogP contribution in [-0.4, -0.2) is 16.0 Å². The van der Waals surface area contributed by atoms with Crippen LogP contribution in [0.25, 0.3) is 11.4 Å². The Labute approximate surface area is 166 Å². The summed E-state index contributed by atoms with van der Waals surface area (Å²) in [4.78, 5) is 17.1. The summed E-state index contributed by atoms with van der Waals surface area (Å²) in [7, 11) is 0. The zero-order chi connectivity index (χ0) is 19.9. The molecule has 2 aromatic carbocycles. The summed E-state index contributed by atoms with van der Waals surface area (Å²) >= 11 is 0. The first-order valence-electron chi connectivity index (χ1n) is 9.80. The largest absolute Gasteiger partial charge is 0.344 e. The number of nitrogens with one attached hydrogen (secondary N) is 1. The fraction of sp³-hybridized carbons (Fsp3) is 0.348. The number of benzene rings is 2. The summed E-state index contributed by atoms with van der Waals surface area (Å²) in [5.41, 5.74) is 3.23. The topological polar surface area (TPSA) is 68.0 Å². The molecule has 0 saturated heterocycles. The van der Waals surface area contributed by atoms with Gasteiger partial charge in [-0.15, -0.1) is 0 Å². The molecule has 0 aliphatic heterocycles. The number of aromatic nitrogens is 2. The summed E-state index contributed by atoms with van der Waals surface area (Å²) in [5, 5.41) is 7.21. The smallest absolute Gasteiger partial charge is 0.249 e. The Balaban J connectivity index is 1.70. The normalized spacial score (nSPS) is 13.1. The first-order chi connectivity index (χ1) is 13.6. The zero-order valence-electron chi connectivity index (χ0n) is 16.7. The van der Waals surface area contributed by atoms with Gasteiger partial charge in [-0.05, 0) is 24.8 Å². The third-order valence-electron chi connectivity index (χ3n) is 5.03. The van der Waals surface area contributed by atoms with Gasteiger partial charge in [-0.2, -0.15) is 4.98 Å². The molecule has 0 saturated carbocycles. The molecule has 146 valence electrons. The summed E-state index contributed by atoms with van der Waals surface area (Å²) in [5.74, 6) is 1.18. The minimum absolute atomic E-state index is 0.00996. The lowest BCUT2D eigenvalue weighted by Gasteiger charge is -2.20. The molecule has 2 atom stereocenters. The maximum Gasteiger partial charge on any atom is 0.249 e. The Bertz CT molecular complexity index is 888. The summed E-state index contributed by atoms with van der Waals surface area (Å²) in [6.07, 6.45) is 2.03. The maximum absolute atomic E-state index is 12.5. The summed E-state index contributed by atoms with van der Waals surface area (Å²) in [6.45, 7) is 6.21. The molecule has 5 nitrogen and oxygen atoms in total. The van der Waals surface area contributed by atoms with Crippen LogP contribution in [0.1, 0.15) is 49.7 Å². The molecule has 3 aromatic rings. The second kappa shape index (κ2) is 9.31. The highest BCUT2D eigenvalue weighted by Crippen LogP contribution is 2.26. The van der Waals surface area contributed by atoms with E-state index in [0.717, 1.165) is 17.5 Å². The van der Waals surface area contributed by atoms with E-state index in [1.165, 1.54) is 5.56 Å². The maximum atomic E-state index is 12.5. The van der Waals surface area contributed by atoms with Gasteiger partial charge in [0.05, 0.1) is 0 Å². The van der Waals surface area contributed by atoms with Crippen molar-refractivity contribution in [3.8, 4) is 11.4 Å². The first-order valence-corrected chi connectivity index (χ1v) is 9.80. The Morgan fingerprint density at radius 1 is 1.11 bits per heavy atom. The van der Waals surface area contributed by atoms with Crippen LogP contribution < -0.4 is 5.32 Å². The van der Waals surface area contributed by atoms with Crippen molar-refractivity contribution in [3.05, 3.63) is 71.6 Å². The molecule has 0 spiro atoms. The monoisotopic (exact) mass is 377 g/mol. The molecule has 0 aliphatic rings. The Morgan fingerprint density at radius 3 is 2.50 bits per heavy atom. The quantitative estimate of drug-likeness (QED) is 0.607. The van der Waals surface area contributed by atoms with E-state index < -0.39 is 0 Å².